The molecule has 5 nitrogen and oxygen atoms in total. The van der Waals surface area contributed by atoms with E-state index in [0.29, 0.717) is 5.69 Å². The molecule has 3 rings (SSSR count). The number of thiazole rings is 1. The third-order valence-corrected chi connectivity index (χ3v) is 6.52. The summed E-state index contributed by atoms with van der Waals surface area (Å²) in [5.74, 6) is -0.907. The molecule has 0 aliphatic heterocycles. The average Bonchev–Trinajstić information content (AvgIpc) is 2.94. The smallest absolute Gasteiger partial charge is 0.224 e. The van der Waals surface area contributed by atoms with Crippen LogP contribution >= 0.6 is 11.3 Å². The normalized spacial score (nSPS) is 11.6. The highest BCUT2D eigenvalue weighted by molar-refractivity contribution is 7.91. The van der Waals surface area contributed by atoms with E-state index in [-0.39, 0.29) is 29.4 Å². The summed E-state index contributed by atoms with van der Waals surface area (Å²) in [6, 6.07) is 10.1. The lowest BCUT2D eigenvalue weighted by atomic mass is 10.2. The van der Waals surface area contributed by atoms with E-state index in [1.807, 2.05) is 19.1 Å². The standard InChI is InChI=1S/C18H17FN2O3S2/c1-12-20-16-9-6-14(11-17(16)25-12)21-18(22)3-2-10-26(23,24)15-7-4-13(19)5-8-15/h4-9,11H,2-3,10H2,1H3,(H,21,22). The van der Waals surface area contributed by atoms with Gasteiger partial charge in [-0.1, -0.05) is 0 Å². The third kappa shape index (κ3) is 4.44. The van der Waals surface area contributed by atoms with E-state index in [2.05, 4.69) is 10.3 Å². The number of nitrogens with one attached hydrogen (secondary N) is 1. The molecule has 2 aromatic carbocycles. The van der Waals surface area contributed by atoms with Crippen molar-refractivity contribution in [3.63, 3.8) is 0 Å². The van der Waals surface area contributed by atoms with Crippen molar-refractivity contribution in [3.8, 4) is 0 Å². The summed E-state index contributed by atoms with van der Waals surface area (Å²) in [6.45, 7) is 1.92. The second-order valence-electron chi connectivity index (χ2n) is 5.84. The van der Waals surface area contributed by atoms with Crippen LogP contribution in [0.5, 0.6) is 0 Å². The monoisotopic (exact) mass is 392 g/mol. The van der Waals surface area contributed by atoms with Crippen LogP contribution in [0, 0.1) is 12.7 Å². The maximum absolute atomic E-state index is 12.9. The summed E-state index contributed by atoms with van der Waals surface area (Å²) in [5.41, 5.74) is 1.54. The number of hydrogen-bond donors (Lipinski definition) is 1. The molecule has 1 amide bonds. The summed E-state index contributed by atoms with van der Waals surface area (Å²) in [4.78, 5) is 16.5. The first kappa shape index (κ1) is 18.5. The molecule has 0 saturated carbocycles. The maximum Gasteiger partial charge on any atom is 0.224 e. The zero-order valence-electron chi connectivity index (χ0n) is 14.0. The molecule has 1 aromatic heterocycles. The van der Waals surface area contributed by atoms with Gasteiger partial charge in [-0.2, -0.15) is 0 Å². The Labute approximate surface area is 154 Å². The Bertz CT molecular complexity index is 1040. The molecule has 0 unspecified atom stereocenters. The van der Waals surface area contributed by atoms with Crippen molar-refractivity contribution in [1.82, 2.24) is 4.98 Å². The molecule has 3 aromatic rings. The first-order chi connectivity index (χ1) is 12.3. The van der Waals surface area contributed by atoms with Crippen molar-refractivity contribution in [2.24, 2.45) is 0 Å². The van der Waals surface area contributed by atoms with Crippen molar-refractivity contribution in [3.05, 3.63) is 53.3 Å². The third-order valence-electron chi connectivity index (χ3n) is 3.77. The number of benzene rings is 2. The minimum atomic E-state index is -3.52. The van der Waals surface area contributed by atoms with Gasteiger partial charge < -0.3 is 5.32 Å². The minimum absolute atomic E-state index is 0.0605. The summed E-state index contributed by atoms with van der Waals surface area (Å²) >= 11 is 1.54. The molecule has 0 saturated heterocycles. The Kier molecular flexibility index (Phi) is 5.33. The highest BCUT2D eigenvalue weighted by Gasteiger charge is 2.15. The number of halogens is 1. The number of hydrogen-bond acceptors (Lipinski definition) is 5. The van der Waals surface area contributed by atoms with E-state index in [1.165, 1.54) is 12.1 Å². The zero-order valence-corrected chi connectivity index (χ0v) is 15.7. The fourth-order valence-electron chi connectivity index (χ4n) is 2.52. The predicted molar refractivity (Wildman–Crippen MR) is 101 cm³/mol. The van der Waals surface area contributed by atoms with Gasteiger partial charge in [-0.15, -0.1) is 11.3 Å². The fraction of sp³-hybridized carbons (Fsp3) is 0.222. The summed E-state index contributed by atoms with van der Waals surface area (Å²) in [7, 11) is -3.52. The first-order valence-electron chi connectivity index (χ1n) is 7.99. The topological polar surface area (TPSA) is 76.1 Å². The van der Waals surface area contributed by atoms with E-state index < -0.39 is 15.7 Å². The minimum Gasteiger partial charge on any atom is -0.326 e. The summed E-state index contributed by atoms with van der Waals surface area (Å²) < 4.78 is 38.2. The zero-order chi connectivity index (χ0) is 18.7. The Morgan fingerprint density at radius 2 is 1.92 bits per heavy atom. The SMILES string of the molecule is Cc1nc2ccc(NC(=O)CCCS(=O)(=O)c3ccc(F)cc3)cc2s1. The number of anilines is 1. The predicted octanol–water partition coefficient (Wildman–Crippen LogP) is 3.94. The summed E-state index contributed by atoms with van der Waals surface area (Å²) in [6.07, 6.45) is 0.271. The fourth-order valence-corrected chi connectivity index (χ4v) is 4.70. The van der Waals surface area contributed by atoms with Gasteiger partial charge in [-0.3, -0.25) is 4.79 Å². The molecule has 0 fully saturated rings. The van der Waals surface area contributed by atoms with E-state index >= 15 is 0 Å². The summed E-state index contributed by atoms with van der Waals surface area (Å²) in [5, 5.41) is 3.73. The number of aryl methyl sites for hydroxylation is 1. The van der Waals surface area contributed by atoms with Crippen molar-refractivity contribution < 1.29 is 17.6 Å². The van der Waals surface area contributed by atoms with Crippen molar-refractivity contribution in [2.75, 3.05) is 11.1 Å². The average molecular weight is 392 g/mol. The molecule has 26 heavy (non-hydrogen) atoms. The molecule has 0 aliphatic carbocycles. The van der Waals surface area contributed by atoms with Crippen molar-refractivity contribution in [1.29, 1.82) is 0 Å². The Morgan fingerprint density at radius 3 is 2.65 bits per heavy atom. The number of nitrogens with zero attached hydrogens (tertiary/aromatic N) is 1. The molecule has 1 N–H and O–H groups in total. The first-order valence-corrected chi connectivity index (χ1v) is 10.5. The van der Waals surface area contributed by atoms with Crippen molar-refractivity contribution >= 4 is 43.0 Å². The van der Waals surface area contributed by atoms with Gasteiger partial charge in [-0.05, 0) is 55.8 Å². The molecule has 0 atom stereocenters. The van der Waals surface area contributed by atoms with E-state index in [4.69, 9.17) is 0 Å². The van der Waals surface area contributed by atoms with Crippen LogP contribution in [0.1, 0.15) is 17.8 Å². The molecule has 136 valence electrons. The van der Waals surface area contributed by atoms with Gasteiger partial charge in [0.25, 0.3) is 0 Å². The van der Waals surface area contributed by atoms with Gasteiger partial charge >= 0.3 is 0 Å². The van der Waals surface area contributed by atoms with E-state index in [1.54, 1.807) is 17.4 Å². The quantitative estimate of drug-likeness (QED) is 0.645. The van der Waals surface area contributed by atoms with Gasteiger partial charge in [0.05, 0.1) is 25.9 Å². The molecule has 1 heterocycles. The molecule has 0 radical (unpaired) electrons. The van der Waals surface area contributed by atoms with Crippen LogP contribution in [0.3, 0.4) is 0 Å². The number of rotatable bonds is 6. The number of sulfone groups is 1. The van der Waals surface area contributed by atoms with Crippen LogP contribution in [-0.4, -0.2) is 25.1 Å². The Morgan fingerprint density at radius 1 is 1.19 bits per heavy atom. The lowest BCUT2D eigenvalue weighted by Crippen LogP contribution is -2.14. The molecular formula is C18H17FN2O3S2. The van der Waals surface area contributed by atoms with Crippen LogP contribution in [-0.2, 0) is 14.6 Å². The molecule has 0 bridgehead atoms. The largest absolute Gasteiger partial charge is 0.326 e. The second kappa shape index (κ2) is 7.51. The van der Waals surface area contributed by atoms with Crippen LogP contribution in [0.25, 0.3) is 10.2 Å². The highest BCUT2D eigenvalue weighted by atomic mass is 32.2. The van der Waals surface area contributed by atoms with Gasteiger partial charge in [0.1, 0.15) is 5.82 Å². The van der Waals surface area contributed by atoms with E-state index in [9.17, 15) is 17.6 Å². The molecular weight excluding hydrogens is 375 g/mol. The van der Waals surface area contributed by atoms with Crippen LogP contribution in [0.2, 0.25) is 0 Å². The highest BCUT2D eigenvalue weighted by Crippen LogP contribution is 2.25. The van der Waals surface area contributed by atoms with Gasteiger partial charge in [0.15, 0.2) is 9.84 Å². The van der Waals surface area contributed by atoms with Gasteiger partial charge in [-0.25, -0.2) is 17.8 Å². The number of aromatic nitrogens is 1. The number of carbonyl (C=O) groups excluding carboxylic acids is 1. The second-order valence-corrected chi connectivity index (χ2v) is 9.18. The van der Waals surface area contributed by atoms with Crippen LogP contribution in [0.15, 0.2) is 47.4 Å². The Hall–Kier alpha value is -2.32. The molecule has 0 aliphatic rings. The lowest BCUT2D eigenvalue weighted by molar-refractivity contribution is -0.116. The van der Waals surface area contributed by atoms with E-state index in [0.717, 1.165) is 27.4 Å². The maximum atomic E-state index is 12.9. The van der Waals surface area contributed by atoms with Gasteiger partial charge in [0, 0.05) is 12.1 Å². The number of amides is 1. The molecule has 0 spiro atoms. The van der Waals surface area contributed by atoms with Crippen LogP contribution < -0.4 is 5.32 Å². The number of fused-ring (bicyclic) bond motifs is 1. The Balaban J connectivity index is 1.55. The van der Waals surface area contributed by atoms with Crippen LogP contribution in [0.4, 0.5) is 10.1 Å². The molecule has 8 heteroatoms. The lowest BCUT2D eigenvalue weighted by Gasteiger charge is -2.06. The van der Waals surface area contributed by atoms with Crippen molar-refractivity contribution in [2.45, 2.75) is 24.7 Å². The number of carbonyl (C=O) groups is 1. The van der Waals surface area contributed by atoms with Gasteiger partial charge in [0.2, 0.25) is 5.91 Å².